The number of rotatable bonds is 5. The van der Waals surface area contributed by atoms with Crippen molar-refractivity contribution in [3.63, 3.8) is 0 Å². The van der Waals surface area contributed by atoms with Crippen molar-refractivity contribution in [1.29, 1.82) is 0 Å². The van der Waals surface area contributed by atoms with Gasteiger partial charge < -0.3 is 9.88 Å². The summed E-state index contributed by atoms with van der Waals surface area (Å²) < 4.78 is 1.92. The summed E-state index contributed by atoms with van der Waals surface area (Å²) in [6, 6.07) is 18.7. The van der Waals surface area contributed by atoms with E-state index in [0.29, 0.717) is 5.92 Å². The summed E-state index contributed by atoms with van der Waals surface area (Å²) in [5.41, 5.74) is 3.37. The van der Waals surface area contributed by atoms with E-state index in [-0.39, 0.29) is 5.69 Å². The Kier molecular flexibility index (Phi) is 4.70. The van der Waals surface area contributed by atoms with E-state index in [1.807, 2.05) is 28.8 Å². The predicted octanol–water partition coefficient (Wildman–Crippen LogP) is 3.28. The molecular formula is C21H25N3O. The summed E-state index contributed by atoms with van der Waals surface area (Å²) in [5, 5.41) is 0. The van der Waals surface area contributed by atoms with Gasteiger partial charge in [0.25, 0.3) is 0 Å². The van der Waals surface area contributed by atoms with Crippen molar-refractivity contribution in [3.05, 3.63) is 70.6 Å². The first-order valence-electron chi connectivity index (χ1n) is 9.23. The van der Waals surface area contributed by atoms with Gasteiger partial charge in [0.05, 0.1) is 11.0 Å². The number of hydrogen-bond acceptors (Lipinski definition) is 2. The van der Waals surface area contributed by atoms with Crippen LogP contribution in [0, 0.1) is 5.92 Å². The van der Waals surface area contributed by atoms with Gasteiger partial charge in [-0.3, -0.25) is 4.57 Å². The zero-order valence-corrected chi connectivity index (χ0v) is 14.5. The number of nitrogens with one attached hydrogen (secondary N) is 1. The Hall–Kier alpha value is -2.33. The second-order valence-corrected chi connectivity index (χ2v) is 7.10. The molecule has 25 heavy (non-hydrogen) atoms. The highest BCUT2D eigenvalue weighted by Crippen LogP contribution is 2.20. The van der Waals surface area contributed by atoms with Crippen molar-refractivity contribution in [3.8, 4) is 0 Å². The minimum Gasteiger partial charge on any atom is -0.306 e. The summed E-state index contributed by atoms with van der Waals surface area (Å²) in [6.45, 7) is 4.17. The first-order valence-corrected chi connectivity index (χ1v) is 9.23. The van der Waals surface area contributed by atoms with Crippen molar-refractivity contribution >= 4 is 11.0 Å². The molecule has 1 aromatic heterocycles. The number of aromatic nitrogens is 2. The molecule has 1 saturated heterocycles. The van der Waals surface area contributed by atoms with E-state index >= 15 is 0 Å². The van der Waals surface area contributed by atoms with Crippen molar-refractivity contribution in [2.75, 3.05) is 19.6 Å². The van der Waals surface area contributed by atoms with Crippen LogP contribution in [0.5, 0.6) is 0 Å². The molecule has 4 rings (SSSR count). The van der Waals surface area contributed by atoms with E-state index in [9.17, 15) is 4.79 Å². The van der Waals surface area contributed by atoms with Gasteiger partial charge in [0.1, 0.15) is 0 Å². The fourth-order valence-electron chi connectivity index (χ4n) is 3.98. The lowest BCUT2D eigenvalue weighted by molar-refractivity contribution is 0.164. The van der Waals surface area contributed by atoms with Crippen molar-refractivity contribution < 1.29 is 0 Å². The Balaban J connectivity index is 1.41. The highest BCUT2D eigenvalue weighted by atomic mass is 16.1. The number of para-hydroxylation sites is 2. The monoisotopic (exact) mass is 335 g/mol. The van der Waals surface area contributed by atoms with Crippen molar-refractivity contribution in [2.24, 2.45) is 5.92 Å². The van der Waals surface area contributed by atoms with E-state index in [1.54, 1.807) is 0 Å². The third-order valence-corrected chi connectivity index (χ3v) is 5.29. The molecule has 1 atom stereocenters. The number of imidazole rings is 1. The lowest BCUT2D eigenvalue weighted by Gasteiger charge is -2.32. The van der Waals surface area contributed by atoms with Crippen LogP contribution in [-0.2, 0) is 13.0 Å². The maximum absolute atomic E-state index is 12.3. The number of aromatic amines is 1. The Morgan fingerprint density at radius 2 is 1.84 bits per heavy atom. The molecule has 0 amide bonds. The number of nitrogens with zero attached hydrogens (tertiary/aromatic N) is 2. The number of hydrogen-bond donors (Lipinski definition) is 1. The van der Waals surface area contributed by atoms with Gasteiger partial charge in [0.2, 0.25) is 0 Å². The number of likely N-dealkylation sites (tertiary alicyclic amines) is 1. The van der Waals surface area contributed by atoms with Crippen LogP contribution in [0.3, 0.4) is 0 Å². The summed E-state index contributed by atoms with van der Waals surface area (Å²) in [6.07, 6.45) is 3.52. The fourth-order valence-corrected chi connectivity index (χ4v) is 3.98. The summed E-state index contributed by atoms with van der Waals surface area (Å²) >= 11 is 0. The van der Waals surface area contributed by atoms with Gasteiger partial charge in [-0.15, -0.1) is 0 Å². The van der Waals surface area contributed by atoms with Gasteiger partial charge >= 0.3 is 5.69 Å². The van der Waals surface area contributed by atoms with Crippen LogP contribution in [0.4, 0.5) is 0 Å². The summed E-state index contributed by atoms with van der Waals surface area (Å²) in [7, 11) is 0. The Bertz CT molecular complexity index is 881. The van der Waals surface area contributed by atoms with E-state index < -0.39 is 0 Å². The minimum absolute atomic E-state index is 0.0163. The Morgan fingerprint density at radius 3 is 2.72 bits per heavy atom. The third kappa shape index (κ3) is 3.69. The molecule has 4 nitrogen and oxygen atoms in total. The fraction of sp³-hybridized carbons (Fsp3) is 0.381. The molecule has 1 aliphatic rings. The third-order valence-electron chi connectivity index (χ3n) is 5.29. The molecule has 2 aromatic carbocycles. The van der Waals surface area contributed by atoms with Gasteiger partial charge in [-0.1, -0.05) is 42.5 Å². The highest BCUT2D eigenvalue weighted by Gasteiger charge is 2.21. The van der Waals surface area contributed by atoms with Crippen LogP contribution >= 0.6 is 0 Å². The zero-order valence-electron chi connectivity index (χ0n) is 14.5. The van der Waals surface area contributed by atoms with Crippen LogP contribution in [0.25, 0.3) is 11.0 Å². The molecule has 0 bridgehead atoms. The molecule has 4 heteroatoms. The largest absolute Gasteiger partial charge is 0.326 e. The molecule has 130 valence electrons. The summed E-state index contributed by atoms with van der Waals surface area (Å²) in [5.74, 6) is 0.543. The molecule has 0 aliphatic carbocycles. The average molecular weight is 335 g/mol. The van der Waals surface area contributed by atoms with Crippen LogP contribution in [0.1, 0.15) is 18.4 Å². The van der Waals surface area contributed by atoms with Gasteiger partial charge in [0.15, 0.2) is 0 Å². The summed E-state index contributed by atoms with van der Waals surface area (Å²) in [4.78, 5) is 17.8. The molecule has 0 unspecified atom stereocenters. The van der Waals surface area contributed by atoms with Crippen molar-refractivity contribution in [1.82, 2.24) is 14.5 Å². The maximum Gasteiger partial charge on any atom is 0.326 e. The Labute approximate surface area is 148 Å². The topological polar surface area (TPSA) is 41.0 Å². The minimum atomic E-state index is 0.0163. The van der Waals surface area contributed by atoms with Crippen LogP contribution < -0.4 is 5.69 Å². The molecule has 1 fully saturated rings. The zero-order chi connectivity index (χ0) is 17.1. The number of H-pyrrole nitrogens is 1. The Morgan fingerprint density at radius 1 is 1.04 bits per heavy atom. The lowest BCUT2D eigenvalue weighted by Crippen LogP contribution is -2.39. The first-order chi connectivity index (χ1) is 12.3. The average Bonchev–Trinajstić information content (AvgIpc) is 2.97. The number of fused-ring (bicyclic) bond motifs is 1. The molecule has 0 saturated carbocycles. The lowest BCUT2D eigenvalue weighted by atomic mass is 9.97. The van der Waals surface area contributed by atoms with Crippen LogP contribution in [0.15, 0.2) is 59.4 Å². The molecular weight excluding hydrogens is 310 g/mol. The van der Waals surface area contributed by atoms with Crippen LogP contribution in [-0.4, -0.2) is 34.1 Å². The molecule has 0 radical (unpaired) electrons. The van der Waals surface area contributed by atoms with Gasteiger partial charge in [-0.2, -0.15) is 0 Å². The SMILES string of the molecule is O=c1[nH]c2ccccc2n1C[C@H]1CCCN(CCc2ccccc2)C1. The molecule has 1 N–H and O–H groups in total. The van der Waals surface area contributed by atoms with Gasteiger partial charge in [0, 0.05) is 19.6 Å². The van der Waals surface area contributed by atoms with E-state index in [1.165, 1.54) is 24.9 Å². The molecule has 0 spiro atoms. The smallest absolute Gasteiger partial charge is 0.306 e. The molecule has 1 aliphatic heterocycles. The van der Waals surface area contributed by atoms with Gasteiger partial charge in [-0.05, 0) is 49.4 Å². The quantitative estimate of drug-likeness (QED) is 0.777. The highest BCUT2D eigenvalue weighted by molar-refractivity contribution is 5.74. The van der Waals surface area contributed by atoms with Crippen molar-refractivity contribution in [2.45, 2.75) is 25.8 Å². The standard InChI is InChI=1S/C21H25N3O/c25-21-22-19-10-4-5-11-20(19)24(21)16-18-9-6-13-23(15-18)14-12-17-7-2-1-3-8-17/h1-5,7-8,10-11,18H,6,9,12-16H2,(H,22,25)/t18-/m0/s1. The first kappa shape index (κ1) is 16.2. The van der Waals surface area contributed by atoms with Gasteiger partial charge in [-0.25, -0.2) is 4.79 Å². The second kappa shape index (κ2) is 7.28. The molecule has 3 aromatic rings. The normalized spacial score (nSPS) is 18.6. The predicted molar refractivity (Wildman–Crippen MR) is 102 cm³/mol. The number of benzene rings is 2. The number of piperidine rings is 1. The second-order valence-electron chi connectivity index (χ2n) is 7.10. The molecule has 2 heterocycles. The van der Waals surface area contributed by atoms with E-state index in [2.05, 4.69) is 40.2 Å². The van der Waals surface area contributed by atoms with Crippen LogP contribution in [0.2, 0.25) is 0 Å². The maximum atomic E-state index is 12.3. The van der Waals surface area contributed by atoms with E-state index in [4.69, 9.17) is 0 Å². The van der Waals surface area contributed by atoms with E-state index in [0.717, 1.165) is 37.1 Å².